The Hall–Kier alpha value is -4.30. The molecule has 5 aromatic rings. The fourth-order valence-corrected chi connectivity index (χ4v) is 4.28. The van der Waals surface area contributed by atoms with Crippen molar-refractivity contribution in [3.8, 4) is 17.1 Å². The van der Waals surface area contributed by atoms with Crippen LogP contribution in [0.3, 0.4) is 0 Å². The highest BCUT2D eigenvalue weighted by molar-refractivity contribution is 7.15. The zero-order chi connectivity index (χ0) is 23.7. The number of benzene rings is 2. The Morgan fingerprint density at radius 2 is 1.79 bits per heavy atom. The van der Waals surface area contributed by atoms with Crippen LogP contribution in [0.15, 0.2) is 69.9 Å². The van der Waals surface area contributed by atoms with Crippen LogP contribution in [-0.2, 0) is 0 Å². The highest BCUT2D eigenvalue weighted by Crippen LogP contribution is 2.23. The van der Waals surface area contributed by atoms with Gasteiger partial charge in [-0.1, -0.05) is 53.8 Å². The summed E-state index contributed by atoms with van der Waals surface area (Å²) in [6.45, 7) is 1.53. The van der Waals surface area contributed by atoms with Crippen LogP contribution in [0.1, 0.15) is 34.4 Å². The summed E-state index contributed by atoms with van der Waals surface area (Å²) in [7, 11) is 1.62. The molecule has 0 bridgehead atoms. The lowest BCUT2D eigenvalue weighted by Crippen LogP contribution is -2.23. The number of carbonyl (C=O) groups excluding carboxylic acids is 1. The Morgan fingerprint density at radius 3 is 2.47 bits per heavy atom. The van der Waals surface area contributed by atoms with E-state index < -0.39 is 0 Å². The van der Waals surface area contributed by atoms with Crippen molar-refractivity contribution >= 4 is 40.3 Å². The number of aromatic nitrogens is 3. The topological polar surface area (TPSA) is 86.7 Å². The number of ether oxygens (including phenoxy) is 1. The summed E-state index contributed by atoms with van der Waals surface area (Å²) >= 11 is 1.25. The Bertz CT molecular complexity index is 1620. The van der Waals surface area contributed by atoms with Crippen molar-refractivity contribution in [1.29, 1.82) is 0 Å². The molecule has 3 heterocycles. The summed E-state index contributed by atoms with van der Waals surface area (Å²) in [5.41, 5.74) is 2.22. The molecular weight excluding hydrogens is 450 g/mol. The second kappa shape index (κ2) is 8.92. The number of carbonyl (C=O) groups is 1. The van der Waals surface area contributed by atoms with Crippen molar-refractivity contribution in [3.63, 3.8) is 0 Å². The lowest BCUT2D eigenvalue weighted by Gasteiger charge is -1.98. The van der Waals surface area contributed by atoms with E-state index in [4.69, 9.17) is 9.15 Å². The van der Waals surface area contributed by atoms with Gasteiger partial charge in [-0.25, -0.2) is 0 Å². The van der Waals surface area contributed by atoms with Gasteiger partial charge in [0.1, 0.15) is 21.8 Å². The number of hydrogen-bond donors (Lipinski definition) is 0. The quantitative estimate of drug-likeness (QED) is 0.344. The van der Waals surface area contributed by atoms with Crippen LogP contribution in [-0.4, -0.2) is 27.5 Å². The molecule has 34 heavy (non-hydrogen) atoms. The normalized spacial score (nSPS) is 12.1. The molecule has 7 nitrogen and oxygen atoms in total. The maximum atomic E-state index is 12.8. The van der Waals surface area contributed by atoms with Crippen LogP contribution in [0.25, 0.3) is 34.5 Å². The van der Waals surface area contributed by atoms with Gasteiger partial charge in [-0.15, -0.1) is 5.10 Å². The second-order valence-corrected chi connectivity index (χ2v) is 8.53. The third-order valence-electron chi connectivity index (χ3n) is 5.21. The van der Waals surface area contributed by atoms with Crippen LogP contribution < -0.4 is 14.8 Å². The van der Waals surface area contributed by atoms with E-state index in [2.05, 4.69) is 10.1 Å². The van der Waals surface area contributed by atoms with E-state index in [0.717, 1.165) is 16.9 Å². The first-order chi connectivity index (χ1) is 16.5. The van der Waals surface area contributed by atoms with E-state index >= 15 is 0 Å². The van der Waals surface area contributed by atoms with E-state index in [1.165, 1.54) is 22.8 Å². The summed E-state index contributed by atoms with van der Waals surface area (Å²) in [5, 5.41) is 4.31. The Kier molecular flexibility index (Phi) is 5.65. The van der Waals surface area contributed by atoms with E-state index in [9.17, 15) is 9.59 Å². The molecule has 0 saturated heterocycles. The Labute approximate surface area is 198 Å². The first kappa shape index (κ1) is 21.5. The summed E-state index contributed by atoms with van der Waals surface area (Å²) in [6, 6.07) is 18.4. The van der Waals surface area contributed by atoms with Crippen LogP contribution in [0, 0.1) is 0 Å². The van der Waals surface area contributed by atoms with Crippen LogP contribution in [0.2, 0.25) is 0 Å². The minimum Gasteiger partial charge on any atom is -0.497 e. The van der Waals surface area contributed by atoms with Crippen LogP contribution in [0.4, 0.5) is 0 Å². The molecule has 168 valence electrons. The number of fused-ring (bicyclic) bond motifs is 1. The Morgan fingerprint density at radius 1 is 1.03 bits per heavy atom. The standard InChI is InChI=1S/C26H19N3O4S/c1-16(30)18-6-8-19(9-7-18)22-13-12-21(33-22)15-23-25(31)29-26(34-23)27-24(28-29)14-5-17-3-10-20(32-2)11-4-17/h3-15H,1-2H3/b14-5+,23-15-. The van der Waals surface area contributed by atoms with E-state index in [1.807, 2.05) is 48.5 Å². The molecule has 0 atom stereocenters. The van der Waals surface area contributed by atoms with Gasteiger partial charge in [-0.3, -0.25) is 9.59 Å². The predicted octanol–water partition coefficient (Wildman–Crippen LogP) is 4.34. The second-order valence-electron chi connectivity index (χ2n) is 7.52. The van der Waals surface area contributed by atoms with Crippen molar-refractivity contribution in [2.45, 2.75) is 6.92 Å². The van der Waals surface area contributed by atoms with Gasteiger partial charge in [-0.05, 0) is 42.8 Å². The number of rotatable bonds is 6. The van der Waals surface area contributed by atoms with Crippen molar-refractivity contribution in [3.05, 3.63) is 98.3 Å². The minimum atomic E-state index is -0.250. The molecule has 0 N–H and O–H groups in total. The molecular formula is C26H19N3O4S. The number of ketones is 1. The Balaban J connectivity index is 1.38. The SMILES string of the molecule is COc1ccc(/C=C/c2nc3s/c(=C\c4ccc(-c5ccc(C(C)=O)cc5)o4)c(=O)n3n2)cc1. The monoisotopic (exact) mass is 469 g/mol. The maximum Gasteiger partial charge on any atom is 0.291 e. The highest BCUT2D eigenvalue weighted by atomic mass is 32.1. The molecule has 0 amide bonds. The zero-order valence-corrected chi connectivity index (χ0v) is 19.2. The van der Waals surface area contributed by atoms with E-state index in [-0.39, 0.29) is 11.3 Å². The largest absolute Gasteiger partial charge is 0.497 e. The lowest BCUT2D eigenvalue weighted by atomic mass is 10.1. The van der Waals surface area contributed by atoms with Crippen molar-refractivity contribution in [1.82, 2.24) is 14.6 Å². The highest BCUT2D eigenvalue weighted by Gasteiger charge is 2.10. The molecule has 0 aliphatic rings. The summed E-state index contributed by atoms with van der Waals surface area (Å²) in [6.07, 6.45) is 5.33. The summed E-state index contributed by atoms with van der Waals surface area (Å²) in [5.74, 6) is 2.46. The fraction of sp³-hybridized carbons (Fsp3) is 0.0769. The molecule has 0 radical (unpaired) electrons. The lowest BCUT2D eigenvalue weighted by molar-refractivity contribution is 0.101. The summed E-state index contributed by atoms with van der Waals surface area (Å²) < 4.78 is 12.8. The average molecular weight is 470 g/mol. The predicted molar refractivity (Wildman–Crippen MR) is 132 cm³/mol. The van der Waals surface area contributed by atoms with Gasteiger partial charge in [0.25, 0.3) is 5.56 Å². The van der Waals surface area contributed by atoms with Gasteiger partial charge in [0.15, 0.2) is 11.6 Å². The first-order valence-electron chi connectivity index (χ1n) is 10.4. The van der Waals surface area contributed by atoms with Crippen molar-refractivity contribution in [2.24, 2.45) is 0 Å². The molecule has 0 spiro atoms. The molecule has 0 aliphatic carbocycles. The molecule has 0 unspecified atom stereocenters. The van der Waals surface area contributed by atoms with Crippen molar-refractivity contribution < 1.29 is 13.9 Å². The van der Waals surface area contributed by atoms with Crippen LogP contribution >= 0.6 is 11.3 Å². The average Bonchev–Trinajstić information content (AvgIpc) is 3.55. The number of furan rings is 1. The third-order valence-corrected chi connectivity index (χ3v) is 6.17. The van der Waals surface area contributed by atoms with Crippen molar-refractivity contribution in [2.75, 3.05) is 7.11 Å². The van der Waals surface area contributed by atoms with Gasteiger partial charge in [0, 0.05) is 17.2 Å². The molecule has 2 aromatic carbocycles. The zero-order valence-electron chi connectivity index (χ0n) is 18.4. The van der Waals surface area contributed by atoms with Gasteiger partial charge >= 0.3 is 0 Å². The van der Waals surface area contributed by atoms with Gasteiger partial charge in [-0.2, -0.15) is 9.50 Å². The first-order valence-corrected chi connectivity index (χ1v) is 11.3. The van der Waals surface area contributed by atoms with Gasteiger partial charge in [0.05, 0.1) is 7.11 Å². The molecule has 8 heteroatoms. The van der Waals surface area contributed by atoms with Gasteiger partial charge in [0.2, 0.25) is 4.96 Å². The summed E-state index contributed by atoms with van der Waals surface area (Å²) in [4.78, 5) is 29.2. The smallest absolute Gasteiger partial charge is 0.291 e. The number of thiazole rings is 1. The van der Waals surface area contributed by atoms with Crippen LogP contribution in [0.5, 0.6) is 5.75 Å². The molecule has 0 aliphatic heterocycles. The molecule has 0 saturated carbocycles. The van der Waals surface area contributed by atoms with E-state index in [0.29, 0.717) is 32.4 Å². The third kappa shape index (κ3) is 4.31. The number of nitrogens with zero attached hydrogens (tertiary/aromatic N) is 3. The molecule has 3 aromatic heterocycles. The fourth-order valence-electron chi connectivity index (χ4n) is 3.39. The maximum absolute atomic E-state index is 12.8. The van der Waals surface area contributed by atoms with E-state index in [1.54, 1.807) is 37.5 Å². The molecule has 0 fully saturated rings. The minimum absolute atomic E-state index is 0.0127. The number of Topliss-reactive ketones (excluding diaryl/α,β-unsaturated/α-hetero) is 1. The number of hydrogen-bond acceptors (Lipinski definition) is 7. The van der Waals surface area contributed by atoms with Gasteiger partial charge < -0.3 is 9.15 Å². The number of methoxy groups -OCH3 is 1. The molecule has 5 rings (SSSR count).